The number of nitrogens with zero attached hydrogens (tertiary/aromatic N) is 2. The van der Waals surface area contributed by atoms with Crippen LogP contribution in [0.1, 0.15) is 11.3 Å². The summed E-state index contributed by atoms with van der Waals surface area (Å²) in [5, 5.41) is 15.6. The molecule has 0 spiro atoms. The Bertz CT molecular complexity index is 1180. The molecule has 1 heterocycles. The average Bonchev–Trinajstić information content (AvgIpc) is 3.24. The summed E-state index contributed by atoms with van der Waals surface area (Å²) in [4.78, 5) is 12.3. The lowest BCUT2D eigenvalue weighted by atomic mass is 10.1. The monoisotopic (exact) mass is 449 g/mol. The molecule has 1 amide bonds. The molecule has 3 rings (SSSR count). The van der Waals surface area contributed by atoms with E-state index in [2.05, 4.69) is 10.5 Å². The molecule has 9 nitrogen and oxygen atoms in total. The second-order valence-corrected chi connectivity index (χ2v) is 6.73. The van der Waals surface area contributed by atoms with Crippen LogP contribution in [0.4, 0.5) is 5.82 Å². The molecule has 0 saturated carbocycles. The van der Waals surface area contributed by atoms with E-state index in [0.717, 1.165) is 0 Å². The molecule has 0 fully saturated rings. The standard InChI is InChI=1S/C24H23N3O6/c1-16-11-23(27-33-16)26-24(28)18(15-25)12-17-7-8-21(22(13-17)30-3)32-10-9-31-20-6-4-5-19(14-20)29-2/h4-8,11-14H,9-10H2,1-3H3,(H,26,27,28)/b18-12-. The maximum absolute atomic E-state index is 12.3. The average molecular weight is 449 g/mol. The lowest BCUT2D eigenvalue weighted by Crippen LogP contribution is -2.13. The highest BCUT2D eigenvalue weighted by Gasteiger charge is 2.13. The van der Waals surface area contributed by atoms with Crippen LogP contribution in [-0.4, -0.2) is 38.5 Å². The number of carbonyl (C=O) groups is 1. The summed E-state index contributed by atoms with van der Waals surface area (Å²) in [5.74, 6) is 2.52. The van der Waals surface area contributed by atoms with E-state index in [1.807, 2.05) is 24.3 Å². The fourth-order valence-corrected chi connectivity index (χ4v) is 2.82. The number of hydrogen-bond donors (Lipinski definition) is 1. The Morgan fingerprint density at radius 3 is 2.55 bits per heavy atom. The highest BCUT2D eigenvalue weighted by atomic mass is 16.5. The minimum Gasteiger partial charge on any atom is -0.497 e. The van der Waals surface area contributed by atoms with Gasteiger partial charge in [-0.1, -0.05) is 17.3 Å². The Hall–Kier alpha value is -4.45. The van der Waals surface area contributed by atoms with Crippen LogP contribution in [0, 0.1) is 18.3 Å². The molecule has 33 heavy (non-hydrogen) atoms. The third-order valence-corrected chi connectivity index (χ3v) is 4.38. The molecule has 2 aromatic carbocycles. The zero-order valence-corrected chi connectivity index (χ0v) is 18.5. The maximum atomic E-state index is 12.3. The largest absolute Gasteiger partial charge is 0.497 e. The van der Waals surface area contributed by atoms with Gasteiger partial charge in [0.25, 0.3) is 5.91 Å². The Kier molecular flexibility index (Phi) is 7.91. The Morgan fingerprint density at radius 1 is 1.06 bits per heavy atom. The van der Waals surface area contributed by atoms with Crippen molar-refractivity contribution in [2.75, 3.05) is 32.8 Å². The number of anilines is 1. The summed E-state index contributed by atoms with van der Waals surface area (Å²) in [7, 11) is 3.10. The minimum absolute atomic E-state index is 0.0990. The molecule has 170 valence electrons. The Balaban J connectivity index is 1.61. The van der Waals surface area contributed by atoms with E-state index in [-0.39, 0.29) is 18.0 Å². The summed E-state index contributed by atoms with van der Waals surface area (Å²) in [6, 6.07) is 15.8. The number of carbonyl (C=O) groups excluding carboxylic acids is 1. The molecule has 0 saturated heterocycles. The number of ether oxygens (including phenoxy) is 4. The number of nitriles is 1. The van der Waals surface area contributed by atoms with E-state index in [0.29, 0.717) is 40.9 Å². The maximum Gasteiger partial charge on any atom is 0.267 e. The summed E-state index contributed by atoms with van der Waals surface area (Å²) in [5.41, 5.74) is 0.493. The molecule has 0 aliphatic rings. The molecule has 0 bridgehead atoms. The van der Waals surface area contributed by atoms with E-state index < -0.39 is 5.91 Å². The van der Waals surface area contributed by atoms with Crippen LogP contribution in [-0.2, 0) is 4.79 Å². The molecule has 1 N–H and O–H groups in total. The number of amides is 1. The topological polar surface area (TPSA) is 116 Å². The summed E-state index contributed by atoms with van der Waals surface area (Å²) in [6.07, 6.45) is 1.44. The van der Waals surface area contributed by atoms with E-state index in [1.165, 1.54) is 13.2 Å². The van der Waals surface area contributed by atoms with Gasteiger partial charge in [0.15, 0.2) is 17.3 Å². The van der Waals surface area contributed by atoms with Gasteiger partial charge in [-0.2, -0.15) is 5.26 Å². The van der Waals surface area contributed by atoms with Crippen molar-refractivity contribution in [2.24, 2.45) is 0 Å². The van der Waals surface area contributed by atoms with Gasteiger partial charge in [-0.3, -0.25) is 4.79 Å². The first-order valence-corrected chi connectivity index (χ1v) is 9.96. The molecule has 0 radical (unpaired) electrons. The number of hydrogen-bond acceptors (Lipinski definition) is 8. The third-order valence-electron chi connectivity index (χ3n) is 4.38. The number of rotatable bonds is 10. The first-order chi connectivity index (χ1) is 16.0. The zero-order valence-electron chi connectivity index (χ0n) is 18.5. The van der Waals surface area contributed by atoms with Crippen molar-refractivity contribution >= 4 is 17.8 Å². The van der Waals surface area contributed by atoms with Gasteiger partial charge in [0.1, 0.15) is 42.1 Å². The van der Waals surface area contributed by atoms with Crippen molar-refractivity contribution in [3.8, 4) is 29.1 Å². The van der Waals surface area contributed by atoms with E-state index in [1.54, 1.807) is 44.4 Å². The molecule has 9 heteroatoms. The van der Waals surface area contributed by atoms with Crippen LogP contribution in [0.15, 0.2) is 58.6 Å². The number of methoxy groups -OCH3 is 2. The van der Waals surface area contributed by atoms with Crippen LogP contribution in [0.25, 0.3) is 6.08 Å². The van der Waals surface area contributed by atoms with Gasteiger partial charge in [0.2, 0.25) is 0 Å². The van der Waals surface area contributed by atoms with Gasteiger partial charge < -0.3 is 28.8 Å². The second-order valence-electron chi connectivity index (χ2n) is 6.73. The van der Waals surface area contributed by atoms with Crippen molar-refractivity contribution in [1.29, 1.82) is 5.26 Å². The van der Waals surface area contributed by atoms with Crippen molar-refractivity contribution < 1.29 is 28.3 Å². The van der Waals surface area contributed by atoms with Gasteiger partial charge in [-0.05, 0) is 42.8 Å². The predicted octanol–water partition coefficient (Wildman–Crippen LogP) is 4.00. The van der Waals surface area contributed by atoms with Crippen molar-refractivity contribution in [3.63, 3.8) is 0 Å². The van der Waals surface area contributed by atoms with Crippen molar-refractivity contribution in [2.45, 2.75) is 6.92 Å². The van der Waals surface area contributed by atoms with Crippen LogP contribution in [0.5, 0.6) is 23.0 Å². The highest BCUT2D eigenvalue weighted by molar-refractivity contribution is 6.09. The minimum atomic E-state index is -0.597. The van der Waals surface area contributed by atoms with Crippen LogP contribution >= 0.6 is 0 Å². The number of aryl methyl sites for hydroxylation is 1. The molecular weight excluding hydrogens is 426 g/mol. The van der Waals surface area contributed by atoms with Gasteiger partial charge in [-0.15, -0.1) is 0 Å². The van der Waals surface area contributed by atoms with Gasteiger partial charge in [0.05, 0.1) is 14.2 Å². The van der Waals surface area contributed by atoms with E-state index in [4.69, 9.17) is 23.5 Å². The molecule has 0 atom stereocenters. The van der Waals surface area contributed by atoms with E-state index in [9.17, 15) is 10.1 Å². The normalized spacial score (nSPS) is 10.8. The summed E-state index contributed by atoms with van der Waals surface area (Å²) in [6.45, 7) is 2.30. The number of aromatic nitrogens is 1. The molecule has 1 aromatic heterocycles. The molecular formula is C24H23N3O6. The number of benzene rings is 2. The van der Waals surface area contributed by atoms with Gasteiger partial charge in [-0.25, -0.2) is 0 Å². The van der Waals surface area contributed by atoms with Gasteiger partial charge >= 0.3 is 0 Å². The fourth-order valence-electron chi connectivity index (χ4n) is 2.82. The van der Waals surface area contributed by atoms with Crippen molar-refractivity contribution in [3.05, 3.63) is 65.4 Å². The van der Waals surface area contributed by atoms with Crippen molar-refractivity contribution in [1.82, 2.24) is 5.16 Å². The quantitative estimate of drug-likeness (QED) is 0.280. The first-order valence-electron chi connectivity index (χ1n) is 9.96. The summed E-state index contributed by atoms with van der Waals surface area (Å²) < 4.78 is 26.9. The van der Waals surface area contributed by atoms with E-state index >= 15 is 0 Å². The summed E-state index contributed by atoms with van der Waals surface area (Å²) >= 11 is 0. The molecule has 0 unspecified atom stereocenters. The van der Waals surface area contributed by atoms with Crippen LogP contribution < -0.4 is 24.3 Å². The molecule has 0 aliphatic carbocycles. The van der Waals surface area contributed by atoms with Crippen LogP contribution in [0.3, 0.4) is 0 Å². The second kappa shape index (κ2) is 11.2. The zero-order chi connectivity index (χ0) is 23.6. The number of nitrogens with one attached hydrogen (secondary N) is 1. The Labute approximate surface area is 191 Å². The Morgan fingerprint density at radius 2 is 1.85 bits per heavy atom. The lowest BCUT2D eigenvalue weighted by molar-refractivity contribution is -0.112. The SMILES string of the molecule is COc1cccc(OCCOc2ccc(/C=C(/C#N)C(=O)Nc3cc(C)on3)cc2OC)c1. The third kappa shape index (κ3) is 6.51. The predicted molar refractivity (Wildman–Crippen MR) is 120 cm³/mol. The van der Waals surface area contributed by atoms with Gasteiger partial charge in [0, 0.05) is 12.1 Å². The highest BCUT2D eigenvalue weighted by Crippen LogP contribution is 2.29. The smallest absolute Gasteiger partial charge is 0.267 e. The first kappa shape index (κ1) is 23.2. The van der Waals surface area contributed by atoms with Crippen LogP contribution in [0.2, 0.25) is 0 Å². The molecule has 0 aliphatic heterocycles. The fraction of sp³-hybridized carbons (Fsp3) is 0.208. The molecule has 3 aromatic rings. The lowest BCUT2D eigenvalue weighted by Gasteiger charge is -2.12.